The monoisotopic (exact) mass is 290 g/mol. The van der Waals surface area contributed by atoms with E-state index in [1.54, 1.807) is 11.3 Å². The highest BCUT2D eigenvalue weighted by Crippen LogP contribution is 2.12. The summed E-state index contributed by atoms with van der Waals surface area (Å²) in [5, 5.41) is 18.2. The van der Waals surface area contributed by atoms with Crippen LogP contribution >= 0.6 is 11.3 Å². The lowest BCUT2D eigenvalue weighted by atomic mass is 10.0. The summed E-state index contributed by atoms with van der Waals surface area (Å²) < 4.78 is 0. The summed E-state index contributed by atoms with van der Waals surface area (Å²) in [7, 11) is 0. The number of nitrogens with two attached hydrogens (primary N) is 1. The van der Waals surface area contributed by atoms with Gasteiger partial charge >= 0.3 is 0 Å². The number of oxime groups is 1. The van der Waals surface area contributed by atoms with E-state index in [2.05, 4.69) is 20.8 Å². The molecular formula is C14H18N4OS. The van der Waals surface area contributed by atoms with Crippen molar-refractivity contribution in [1.29, 1.82) is 0 Å². The first kappa shape index (κ1) is 14.5. The van der Waals surface area contributed by atoms with Gasteiger partial charge in [-0.1, -0.05) is 17.3 Å². The Hall–Kier alpha value is -1.92. The Balaban J connectivity index is 1.96. The van der Waals surface area contributed by atoms with Crippen molar-refractivity contribution in [2.24, 2.45) is 10.9 Å². The van der Waals surface area contributed by atoms with Gasteiger partial charge in [0.2, 0.25) is 0 Å². The van der Waals surface area contributed by atoms with Crippen LogP contribution in [0, 0.1) is 13.8 Å². The molecule has 0 radical (unpaired) electrons. The largest absolute Gasteiger partial charge is 0.409 e. The van der Waals surface area contributed by atoms with Crippen LogP contribution in [0.4, 0.5) is 0 Å². The second kappa shape index (κ2) is 6.49. The fourth-order valence-corrected chi connectivity index (χ4v) is 2.54. The summed E-state index contributed by atoms with van der Waals surface area (Å²) in [6, 6.07) is 5.76. The zero-order valence-electron chi connectivity index (χ0n) is 11.6. The fraction of sp³-hybridized carbons (Fsp3) is 0.286. The van der Waals surface area contributed by atoms with Crippen molar-refractivity contribution in [3.05, 3.63) is 51.0 Å². The standard InChI is InChI=1S/C14H18N4OS/c1-9-5-11(14(15)18-19)3-4-12(9)6-16-7-13-8-20-10(2)17-13/h3-5,8,16,19H,6-7H2,1-2H3,(H2,15,18). The van der Waals surface area contributed by atoms with Crippen LogP contribution in [0.1, 0.15) is 27.4 Å². The van der Waals surface area contributed by atoms with Crippen molar-refractivity contribution in [2.75, 3.05) is 0 Å². The normalized spacial score (nSPS) is 11.8. The predicted molar refractivity (Wildman–Crippen MR) is 81.1 cm³/mol. The number of hydrogen-bond acceptors (Lipinski definition) is 5. The lowest BCUT2D eigenvalue weighted by Crippen LogP contribution is -2.16. The van der Waals surface area contributed by atoms with Gasteiger partial charge in [-0.15, -0.1) is 11.3 Å². The first-order valence-corrected chi connectivity index (χ1v) is 7.17. The van der Waals surface area contributed by atoms with E-state index in [1.807, 2.05) is 32.0 Å². The van der Waals surface area contributed by atoms with Crippen molar-refractivity contribution in [2.45, 2.75) is 26.9 Å². The molecule has 1 aromatic carbocycles. The van der Waals surface area contributed by atoms with Crippen LogP contribution in [0.25, 0.3) is 0 Å². The van der Waals surface area contributed by atoms with Gasteiger partial charge in [-0.2, -0.15) is 0 Å². The molecule has 0 fully saturated rings. The van der Waals surface area contributed by atoms with Gasteiger partial charge in [-0.25, -0.2) is 4.98 Å². The molecule has 0 saturated carbocycles. The Labute approximate surface area is 122 Å². The SMILES string of the molecule is Cc1nc(CNCc2ccc(/C(N)=N/O)cc2C)cs1. The molecule has 0 spiro atoms. The van der Waals surface area contributed by atoms with Gasteiger partial charge in [0.15, 0.2) is 5.84 Å². The molecule has 0 saturated heterocycles. The number of thiazole rings is 1. The first-order chi connectivity index (χ1) is 9.60. The second-order valence-electron chi connectivity index (χ2n) is 4.59. The number of aryl methyl sites for hydroxylation is 2. The highest BCUT2D eigenvalue weighted by molar-refractivity contribution is 7.09. The molecule has 2 rings (SSSR count). The third-order valence-electron chi connectivity index (χ3n) is 3.03. The highest BCUT2D eigenvalue weighted by Gasteiger charge is 2.04. The van der Waals surface area contributed by atoms with E-state index in [4.69, 9.17) is 10.9 Å². The van der Waals surface area contributed by atoms with Crippen LogP contribution in [0.3, 0.4) is 0 Å². The molecule has 2 aromatic rings. The quantitative estimate of drug-likeness (QED) is 0.341. The third-order valence-corrected chi connectivity index (χ3v) is 3.86. The number of rotatable bonds is 5. The average Bonchev–Trinajstić information content (AvgIpc) is 2.85. The van der Waals surface area contributed by atoms with Crippen molar-refractivity contribution < 1.29 is 5.21 Å². The molecular weight excluding hydrogens is 272 g/mol. The predicted octanol–water partition coefficient (Wildman–Crippen LogP) is 2.14. The second-order valence-corrected chi connectivity index (χ2v) is 5.65. The molecule has 4 N–H and O–H groups in total. The fourth-order valence-electron chi connectivity index (χ4n) is 1.93. The molecule has 0 aliphatic carbocycles. The lowest BCUT2D eigenvalue weighted by molar-refractivity contribution is 0.318. The molecule has 106 valence electrons. The average molecular weight is 290 g/mol. The summed E-state index contributed by atoms with van der Waals surface area (Å²) >= 11 is 1.66. The third kappa shape index (κ3) is 3.55. The van der Waals surface area contributed by atoms with Crippen molar-refractivity contribution in [3.8, 4) is 0 Å². The summed E-state index contributed by atoms with van der Waals surface area (Å²) in [6.07, 6.45) is 0. The minimum Gasteiger partial charge on any atom is -0.409 e. The maximum atomic E-state index is 8.66. The molecule has 0 aliphatic rings. The van der Waals surface area contributed by atoms with Crippen LogP contribution in [0.5, 0.6) is 0 Å². The summed E-state index contributed by atoms with van der Waals surface area (Å²) in [4.78, 5) is 4.41. The molecule has 1 aromatic heterocycles. The number of benzene rings is 1. The Morgan fingerprint density at radius 3 is 2.80 bits per heavy atom. The van der Waals surface area contributed by atoms with Crippen LogP contribution in [-0.4, -0.2) is 16.0 Å². The Bertz CT molecular complexity index is 621. The first-order valence-electron chi connectivity index (χ1n) is 6.29. The summed E-state index contributed by atoms with van der Waals surface area (Å²) in [5.41, 5.74) is 9.66. The van der Waals surface area contributed by atoms with E-state index in [0.29, 0.717) is 0 Å². The Morgan fingerprint density at radius 1 is 1.40 bits per heavy atom. The van der Waals surface area contributed by atoms with E-state index in [9.17, 15) is 0 Å². The highest BCUT2D eigenvalue weighted by atomic mass is 32.1. The number of aromatic nitrogens is 1. The molecule has 0 amide bonds. The van der Waals surface area contributed by atoms with Crippen LogP contribution < -0.4 is 11.1 Å². The maximum absolute atomic E-state index is 8.66. The lowest BCUT2D eigenvalue weighted by Gasteiger charge is -2.08. The molecule has 6 heteroatoms. The number of amidine groups is 1. The minimum atomic E-state index is 0.130. The van der Waals surface area contributed by atoms with E-state index in [1.165, 1.54) is 5.56 Å². The van der Waals surface area contributed by atoms with Gasteiger partial charge < -0.3 is 16.3 Å². The van der Waals surface area contributed by atoms with Crippen LogP contribution in [0.15, 0.2) is 28.7 Å². The number of nitrogens with zero attached hydrogens (tertiary/aromatic N) is 2. The van der Waals surface area contributed by atoms with E-state index in [-0.39, 0.29) is 5.84 Å². The van der Waals surface area contributed by atoms with Crippen molar-refractivity contribution in [3.63, 3.8) is 0 Å². The van der Waals surface area contributed by atoms with Gasteiger partial charge in [0.25, 0.3) is 0 Å². The topological polar surface area (TPSA) is 83.5 Å². The van der Waals surface area contributed by atoms with Crippen LogP contribution in [0.2, 0.25) is 0 Å². The van der Waals surface area contributed by atoms with E-state index >= 15 is 0 Å². The Kier molecular flexibility index (Phi) is 4.70. The number of hydrogen-bond donors (Lipinski definition) is 3. The van der Waals surface area contributed by atoms with E-state index < -0.39 is 0 Å². The molecule has 0 bridgehead atoms. The maximum Gasteiger partial charge on any atom is 0.170 e. The summed E-state index contributed by atoms with van der Waals surface area (Å²) in [6.45, 7) is 5.53. The molecule has 0 aliphatic heterocycles. The zero-order chi connectivity index (χ0) is 14.5. The molecule has 0 unspecified atom stereocenters. The molecule has 0 atom stereocenters. The van der Waals surface area contributed by atoms with Gasteiger partial charge in [-0.3, -0.25) is 0 Å². The summed E-state index contributed by atoms with van der Waals surface area (Å²) in [5.74, 6) is 0.130. The van der Waals surface area contributed by atoms with Gasteiger partial charge in [0.05, 0.1) is 10.7 Å². The van der Waals surface area contributed by atoms with Crippen molar-refractivity contribution in [1.82, 2.24) is 10.3 Å². The van der Waals surface area contributed by atoms with Gasteiger partial charge in [-0.05, 0) is 31.0 Å². The zero-order valence-corrected chi connectivity index (χ0v) is 12.4. The molecule has 1 heterocycles. The Morgan fingerprint density at radius 2 is 2.20 bits per heavy atom. The molecule has 20 heavy (non-hydrogen) atoms. The van der Waals surface area contributed by atoms with E-state index in [0.717, 1.165) is 34.9 Å². The number of nitrogens with one attached hydrogen (secondary N) is 1. The molecule has 5 nitrogen and oxygen atoms in total. The van der Waals surface area contributed by atoms with Gasteiger partial charge in [0, 0.05) is 24.0 Å². The van der Waals surface area contributed by atoms with Crippen LogP contribution in [-0.2, 0) is 13.1 Å². The smallest absolute Gasteiger partial charge is 0.170 e. The van der Waals surface area contributed by atoms with Crippen molar-refractivity contribution >= 4 is 17.2 Å². The van der Waals surface area contributed by atoms with Gasteiger partial charge in [0.1, 0.15) is 0 Å². The minimum absolute atomic E-state index is 0.130.